The van der Waals surface area contributed by atoms with Gasteiger partial charge in [-0.15, -0.1) is 0 Å². The van der Waals surface area contributed by atoms with Crippen LogP contribution in [0.15, 0.2) is 46.9 Å². The summed E-state index contributed by atoms with van der Waals surface area (Å²) in [4.78, 5) is 25.7. The van der Waals surface area contributed by atoms with Crippen LogP contribution >= 0.6 is 0 Å². The molecule has 2 amide bonds. The first-order valence-corrected chi connectivity index (χ1v) is 8.33. The molecule has 27 heavy (non-hydrogen) atoms. The van der Waals surface area contributed by atoms with Crippen molar-refractivity contribution in [2.75, 3.05) is 18.6 Å². The zero-order valence-corrected chi connectivity index (χ0v) is 15.0. The average Bonchev–Trinajstić information content (AvgIpc) is 2.99. The summed E-state index contributed by atoms with van der Waals surface area (Å²) in [5, 5.41) is 0.756. The summed E-state index contributed by atoms with van der Waals surface area (Å²) in [7, 11) is 1.56. The number of amides is 2. The van der Waals surface area contributed by atoms with E-state index in [2.05, 4.69) is 0 Å². The standard InChI is InChI=1S/C20H19FN2O4/c1-12-16-11-15(26-2)7-8-17(16)27-19(12)20(25)23(10-9-18(22)24)14-5-3-13(21)4-6-14/h3-8,11H,9-10H2,1-2H3,(H2,22,24). The number of hydrogen-bond acceptors (Lipinski definition) is 4. The largest absolute Gasteiger partial charge is 0.497 e. The van der Waals surface area contributed by atoms with E-state index in [0.29, 0.717) is 22.6 Å². The molecule has 0 radical (unpaired) electrons. The third-order valence-corrected chi connectivity index (χ3v) is 4.30. The number of fused-ring (bicyclic) bond motifs is 1. The van der Waals surface area contributed by atoms with Crippen LogP contribution in [-0.4, -0.2) is 25.5 Å². The number of nitrogens with zero attached hydrogens (tertiary/aromatic N) is 1. The molecule has 0 bridgehead atoms. The molecular weight excluding hydrogens is 351 g/mol. The van der Waals surface area contributed by atoms with Crippen LogP contribution in [0.2, 0.25) is 0 Å². The zero-order valence-electron chi connectivity index (χ0n) is 15.0. The third kappa shape index (κ3) is 3.76. The molecule has 2 aromatic carbocycles. The van der Waals surface area contributed by atoms with Crippen LogP contribution in [0.3, 0.4) is 0 Å². The summed E-state index contributed by atoms with van der Waals surface area (Å²) in [6, 6.07) is 10.7. The summed E-state index contributed by atoms with van der Waals surface area (Å²) in [5.74, 6) is -0.605. The molecule has 0 fully saturated rings. The highest BCUT2D eigenvalue weighted by molar-refractivity contribution is 6.08. The fourth-order valence-electron chi connectivity index (χ4n) is 2.84. The molecule has 0 unspecified atom stereocenters. The number of aryl methyl sites for hydroxylation is 1. The molecule has 0 aliphatic heterocycles. The van der Waals surface area contributed by atoms with Crippen molar-refractivity contribution in [3.8, 4) is 5.75 Å². The first-order chi connectivity index (χ1) is 12.9. The predicted octanol–water partition coefficient (Wildman–Crippen LogP) is 3.41. The van der Waals surface area contributed by atoms with Gasteiger partial charge in [0.1, 0.15) is 17.1 Å². The number of primary amides is 1. The monoisotopic (exact) mass is 370 g/mol. The van der Waals surface area contributed by atoms with Gasteiger partial charge < -0.3 is 19.8 Å². The molecule has 1 aromatic heterocycles. The lowest BCUT2D eigenvalue weighted by atomic mass is 10.1. The average molecular weight is 370 g/mol. The molecular formula is C20H19FN2O4. The van der Waals surface area contributed by atoms with E-state index in [1.165, 1.54) is 29.2 Å². The van der Waals surface area contributed by atoms with Gasteiger partial charge >= 0.3 is 0 Å². The van der Waals surface area contributed by atoms with Gasteiger partial charge in [0.05, 0.1) is 7.11 Å². The molecule has 0 saturated heterocycles. The summed E-state index contributed by atoms with van der Waals surface area (Å²) >= 11 is 0. The number of ether oxygens (including phenoxy) is 1. The summed E-state index contributed by atoms with van der Waals surface area (Å²) in [5.41, 5.74) is 6.87. The van der Waals surface area contributed by atoms with Crippen molar-refractivity contribution in [3.63, 3.8) is 0 Å². The molecule has 140 valence electrons. The minimum Gasteiger partial charge on any atom is -0.497 e. The number of carbonyl (C=O) groups excluding carboxylic acids is 2. The summed E-state index contributed by atoms with van der Waals surface area (Å²) < 4.78 is 24.2. The van der Waals surface area contributed by atoms with Gasteiger partial charge in [0.2, 0.25) is 5.91 Å². The van der Waals surface area contributed by atoms with E-state index in [1.807, 2.05) is 0 Å². The maximum Gasteiger partial charge on any atom is 0.294 e. The van der Waals surface area contributed by atoms with Crippen molar-refractivity contribution in [3.05, 3.63) is 59.6 Å². The Bertz CT molecular complexity index is 995. The van der Waals surface area contributed by atoms with Gasteiger partial charge in [-0.3, -0.25) is 9.59 Å². The first-order valence-electron chi connectivity index (χ1n) is 8.33. The van der Waals surface area contributed by atoms with Gasteiger partial charge in [-0.2, -0.15) is 0 Å². The Morgan fingerprint density at radius 3 is 2.52 bits per heavy atom. The molecule has 7 heteroatoms. The van der Waals surface area contributed by atoms with Gasteiger partial charge in [-0.05, 0) is 49.4 Å². The Hall–Kier alpha value is -3.35. The van der Waals surface area contributed by atoms with Gasteiger partial charge in [-0.1, -0.05) is 0 Å². The summed E-state index contributed by atoms with van der Waals surface area (Å²) in [6.07, 6.45) is -0.0315. The highest BCUT2D eigenvalue weighted by Crippen LogP contribution is 2.30. The van der Waals surface area contributed by atoms with E-state index in [4.69, 9.17) is 14.9 Å². The maximum absolute atomic E-state index is 13.3. The van der Waals surface area contributed by atoms with Crippen LogP contribution in [0.25, 0.3) is 11.0 Å². The van der Waals surface area contributed by atoms with Crippen LogP contribution in [0.5, 0.6) is 5.75 Å². The SMILES string of the molecule is COc1ccc2oc(C(=O)N(CCC(N)=O)c3ccc(F)cc3)c(C)c2c1. The molecule has 2 N–H and O–H groups in total. The van der Waals surface area contributed by atoms with Crippen molar-refractivity contribution in [2.24, 2.45) is 5.73 Å². The fraction of sp³-hybridized carbons (Fsp3) is 0.200. The summed E-state index contributed by atoms with van der Waals surface area (Å²) in [6.45, 7) is 1.83. The van der Waals surface area contributed by atoms with Crippen LogP contribution in [-0.2, 0) is 4.79 Å². The smallest absolute Gasteiger partial charge is 0.294 e. The number of halogens is 1. The second kappa shape index (κ2) is 7.49. The molecule has 0 saturated carbocycles. The van der Waals surface area contributed by atoms with Crippen LogP contribution < -0.4 is 15.4 Å². The molecule has 6 nitrogen and oxygen atoms in total. The molecule has 1 heterocycles. The number of hydrogen-bond donors (Lipinski definition) is 1. The Kier molecular flexibility index (Phi) is 5.12. The highest BCUT2D eigenvalue weighted by Gasteiger charge is 2.25. The van der Waals surface area contributed by atoms with E-state index in [-0.39, 0.29) is 18.7 Å². The second-order valence-electron chi connectivity index (χ2n) is 6.07. The molecule has 0 aliphatic rings. The van der Waals surface area contributed by atoms with Gasteiger partial charge in [0.15, 0.2) is 5.76 Å². The van der Waals surface area contributed by atoms with Gasteiger partial charge in [0, 0.05) is 29.6 Å². The molecule has 0 spiro atoms. The maximum atomic E-state index is 13.3. The third-order valence-electron chi connectivity index (χ3n) is 4.30. The number of benzene rings is 2. The Balaban J connectivity index is 2.02. The van der Waals surface area contributed by atoms with Crippen LogP contribution in [0, 0.1) is 12.7 Å². The van der Waals surface area contributed by atoms with E-state index in [0.717, 1.165) is 5.39 Å². The number of carbonyl (C=O) groups is 2. The zero-order chi connectivity index (χ0) is 19.6. The lowest BCUT2D eigenvalue weighted by Crippen LogP contribution is -2.34. The number of methoxy groups -OCH3 is 1. The minimum atomic E-state index is -0.541. The lowest BCUT2D eigenvalue weighted by Gasteiger charge is -2.21. The van der Waals surface area contributed by atoms with Crippen LogP contribution in [0.4, 0.5) is 10.1 Å². The number of nitrogens with two attached hydrogens (primary N) is 1. The highest BCUT2D eigenvalue weighted by atomic mass is 19.1. The van der Waals surface area contributed by atoms with E-state index in [1.54, 1.807) is 32.2 Å². The van der Waals surface area contributed by atoms with Crippen molar-refractivity contribution in [2.45, 2.75) is 13.3 Å². The van der Waals surface area contributed by atoms with E-state index < -0.39 is 17.6 Å². The Morgan fingerprint density at radius 1 is 1.19 bits per heavy atom. The molecule has 0 aliphatic carbocycles. The first kappa shape index (κ1) is 18.4. The van der Waals surface area contributed by atoms with Gasteiger partial charge in [0.25, 0.3) is 5.91 Å². The van der Waals surface area contributed by atoms with Crippen molar-refractivity contribution < 1.29 is 23.1 Å². The molecule has 0 atom stereocenters. The predicted molar refractivity (Wildman–Crippen MR) is 99.4 cm³/mol. The van der Waals surface area contributed by atoms with Gasteiger partial charge in [-0.25, -0.2) is 4.39 Å². The van der Waals surface area contributed by atoms with Crippen molar-refractivity contribution in [1.29, 1.82) is 0 Å². The normalized spacial score (nSPS) is 10.8. The number of furan rings is 1. The van der Waals surface area contributed by atoms with E-state index >= 15 is 0 Å². The van der Waals surface area contributed by atoms with Crippen LogP contribution in [0.1, 0.15) is 22.5 Å². The van der Waals surface area contributed by atoms with Crippen molar-refractivity contribution >= 4 is 28.5 Å². The lowest BCUT2D eigenvalue weighted by molar-refractivity contribution is -0.117. The Morgan fingerprint density at radius 2 is 1.89 bits per heavy atom. The minimum absolute atomic E-state index is 0.0315. The topological polar surface area (TPSA) is 85.8 Å². The molecule has 3 rings (SSSR count). The second-order valence-corrected chi connectivity index (χ2v) is 6.07. The Labute approximate surface area is 155 Å². The number of rotatable bonds is 6. The van der Waals surface area contributed by atoms with E-state index in [9.17, 15) is 14.0 Å². The quantitative estimate of drug-likeness (QED) is 0.720. The van der Waals surface area contributed by atoms with Crippen molar-refractivity contribution in [1.82, 2.24) is 0 Å². The number of anilines is 1. The fourth-order valence-corrected chi connectivity index (χ4v) is 2.84. The molecule has 3 aromatic rings.